The summed E-state index contributed by atoms with van der Waals surface area (Å²) in [6.07, 6.45) is 6.30. The molecule has 1 aliphatic heterocycles. The van der Waals surface area contributed by atoms with Crippen LogP contribution in [0, 0.1) is 5.41 Å². The normalized spacial score (nSPS) is 21.9. The van der Waals surface area contributed by atoms with E-state index in [1.165, 1.54) is 4.90 Å². The van der Waals surface area contributed by atoms with Crippen molar-refractivity contribution in [2.24, 2.45) is 5.41 Å². The Morgan fingerprint density at radius 3 is 2.38 bits per heavy atom. The number of aliphatic hydroxyl groups is 1. The smallest absolute Gasteiger partial charge is 0.240 e. The molecule has 0 bridgehead atoms. The lowest BCUT2D eigenvalue weighted by molar-refractivity contribution is -0.126. The first-order valence-corrected chi connectivity index (χ1v) is 7.74. The zero-order chi connectivity index (χ0) is 14.9. The lowest BCUT2D eigenvalue weighted by Gasteiger charge is -2.25. The number of rotatable bonds is 2. The molecule has 112 valence electrons. The molecule has 1 aliphatic carbocycles. The van der Waals surface area contributed by atoms with E-state index >= 15 is 0 Å². The van der Waals surface area contributed by atoms with Gasteiger partial charge in [-0.15, -0.1) is 0 Å². The van der Waals surface area contributed by atoms with Crippen molar-refractivity contribution in [2.75, 3.05) is 4.90 Å². The summed E-state index contributed by atoms with van der Waals surface area (Å²) < 4.78 is 0. The number of carbonyl (C=O) groups excluding carboxylic acids is 2. The predicted molar refractivity (Wildman–Crippen MR) is 79.6 cm³/mol. The minimum absolute atomic E-state index is 0.0599. The number of aliphatic hydroxyl groups excluding tert-OH is 1. The van der Waals surface area contributed by atoms with E-state index < -0.39 is 5.41 Å². The van der Waals surface area contributed by atoms with Gasteiger partial charge in [-0.05, 0) is 18.9 Å². The SMILES string of the molecule is O=C1CC2(CCCCCC2)C(=O)N1c1ccccc1CO. The van der Waals surface area contributed by atoms with Crippen molar-refractivity contribution < 1.29 is 14.7 Å². The van der Waals surface area contributed by atoms with Crippen molar-refractivity contribution in [3.63, 3.8) is 0 Å². The molecule has 0 aromatic heterocycles. The molecule has 0 radical (unpaired) electrons. The van der Waals surface area contributed by atoms with E-state index in [1.807, 2.05) is 6.07 Å². The van der Waals surface area contributed by atoms with Crippen LogP contribution in [0.3, 0.4) is 0 Å². The van der Waals surface area contributed by atoms with E-state index in [1.54, 1.807) is 18.2 Å². The third-order valence-corrected chi connectivity index (χ3v) is 4.86. The standard InChI is InChI=1S/C17H21NO3/c19-12-13-7-3-4-8-14(13)18-15(20)11-17(16(18)21)9-5-1-2-6-10-17/h3-4,7-8,19H,1-2,5-6,9-12H2. The molecule has 2 aliphatic rings. The maximum absolute atomic E-state index is 12.9. The van der Waals surface area contributed by atoms with Crippen LogP contribution in [0.5, 0.6) is 0 Å². The average molecular weight is 287 g/mol. The Hall–Kier alpha value is -1.68. The van der Waals surface area contributed by atoms with Crippen molar-refractivity contribution >= 4 is 17.5 Å². The maximum atomic E-state index is 12.9. The number of nitrogens with zero attached hydrogens (tertiary/aromatic N) is 1. The fourth-order valence-corrected chi connectivity index (χ4v) is 3.70. The van der Waals surface area contributed by atoms with E-state index in [0.717, 1.165) is 38.5 Å². The van der Waals surface area contributed by atoms with Gasteiger partial charge in [0.2, 0.25) is 11.8 Å². The number of hydrogen-bond donors (Lipinski definition) is 1. The molecular formula is C17H21NO3. The van der Waals surface area contributed by atoms with E-state index in [0.29, 0.717) is 17.7 Å². The summed E-state index contributed by atoms with van der Waals surface area (Å²) in [5.74, 6) is -0.182. The highest BCUT2D eigenvalue weighted by Gasteiger charge is 2.51. The lowest BCUT2D eigenvalue weighted by Crippen LogP contribution is -2.36. The molecule has 1 heterocycles. The summed E-state index contributed by atoms with van der Waals surface area (Å²) in [5.41, 5.74) is 0.692. The quantitative estimate of drug-likeness (QED) is 0.851. The molecule has 2 fully saturated rings. The first-order valence-electron chi connectivity index (χ1n) is 7.74. The monoisotopic (exact) mass is 287 g/mol. The third-order valence-electron chi connectivity index (χ3n) is 4.86. The number of amides is 2. The van der Waals surface area contributed by atoms with E-state index in [9.17, 15) is 14.7 Å². The Morgan fingerprint density at radius 1 is 1.05 bits per heavy atom. The van der Waals surface area contributed by atoms with E-state index in [2.05, 4.69) is 0 Å². The highest BCUT2D eigenvalue weighted by molar-refractivity contribution is 6.22. The molecule has 1 saturated carbocycles. The highest BCUT2D eigenvalue weighted by Crippen LogP contribution is 2.46. The van der Waals surface area contributed by atoms with Crippen LogP contribution in [0.4, 0.5) is 5.69 Å². The van der Waals surface area contributed by atoms with Crippen LogP contribution in [0.15, 0.2) is 24.3 Å². The molecule has 4 heteroatoms. The molecule has 4 nitrogen and oxygen atoms in total. The van der Waals surface area contributed by atoms with Crippen LogP contribution in [-0.2, 0) is 16.2 Å². The van der Waals surface area contributed by atoms with Gasteiger partial charge in [0, 0.05) is 12.0 Å². The van der Waals surface area contributed by atoms with Gasteiger partial charge in [-0.2, -0.15) is 0 Å². The number of hydrogen-bond acceptors (Lipinski definition) is 3. The summed E-state index contributed by atoms with van der Waals surface area (Å²) in [6.45, 7) is -0.166. The number of imide groups is 1. The van der Waals surface area contributed by atoms with Gasteiger partial charge in [0.1, 0.15) is 0 Å². The summed E-state index contributed by atoms with van der Waals surface area (Å²) >= 11 is 0. The zero-order valence-corrected chi connectivity index (χ0v) is 12.2. The Kier molecular flexibility index (Phi) is 3.81. The number of anilines is 1. The predicted octanol–water partition coefficient (Wildman–Crippen LogP) is 2.78. The minimum atomic E-state index is -0.490. The van der Waals surface area contributed by atoms with Crippen molar-refractivity contribution in [3.05, 3.63) is 29.8 Å². The minimum Gasteiger partial charge on any atom is -0.392 e. The van der Waals surface area contributed by atoms with Crippen LogP contribution in [-0.4, -0.2) is 16.9 Å². The Labute approximate surface area is 124 Å². The van der Waals surface area contributed by atoms with Crippen LogP contribution >= 0.6 is 0 Å². The largest absolute Gasteiger partial charge is 0.392 e. The fourth-order valence-electron chi connectivity index (χ4n) is 3.70. The summed E-state index contributed by atoms with van der Waals surface area (Å²) in [6, 6.07) is 7.11. The van der Waals surface area contributed by atoms with Gasteiger partial charge in [0.25, 0.3) is 0 Å². The van der Waals surface area contributed by atoms with Crippen molar-refractivity contribution in [1.82, 2.24) is 0 Å². The van der Waals surface area contributed by atoms with Gasteiger partial charge in [-0.25, -0.2) is 4.90 Å². The molecule has 1 aromatic rings. The molecule has 2 amide bonds. The second-order valence-corrected chi connectivity index (χ2v) is 6.19. The van der Waals surface area contributed by atoms with Gasteiger partial charge >= 0.3 is 0 Å². The fraction of sp³-hybridized carbons (Fsp3) is 0.529. The molecule has 1 N–H and O–H groups in total. The lowest BCUT2D eigenvalue weighted by atomic mass is 9.79. The van der Waals surface area contributed by atoms with Gasteiger partial charge in [-0.3, -0.25) is 9.59 Å². The first kappa shape index (κ1) is 14.3. The molecule has 3 rings (SSSR count). The topological polar surface area (TPSA) is 57.6 Å². The third kappa shape index (κ3) is 2.38. The Morgan fingerprint density at radius 2 is 1.71 bits per heavy atom. The maximum Gasteiger partial charge on any atom is 0.240 e. The van der Waals surface area contributed by atoms with Gasteiger partial charge < -0.3 is 5.11 Å². The molecule has 1 spiro atoms. The number of carbonyl (C=O) groups is 2. The molecule has 21 heavy (non-hydrogen) atoms. The van der Waals surface area contributed by atoms with Gasteiger partial charge in [-0.1, -0.05) is 43.9 Å². The van der Waals surface area contributed by atoms with E-state index in [-0.39, 0.29) is 18.4 Å². The molecule has 1 saturated heterocycles. The first-order chi connectivity index (χ1) is 10.2. The van der Waals surface area contributed by atoms with Gasteiger partial charge in [0.05, 0.1) is 17.7 Å². The van der Waals surface area contributed by atoms with Crippen molar-refractivity contribution in [2.45, 2.75) is 51.6 Å². The zero-order valence-electron chi connectivity index (χ0n) is 12.2. The summed E-state index contributed by atoms with van der Waals surface area (Å²) in [5, 5.41) is 9.45. The second kappa shape index (κ2) is 5.60. The van der Waals surface area contributed by atoms with Crippen LogP contribution in [0.1, 0.15) is 50.5 Å². The number of benzene rings is 1. The van der Waals surface area contributed by atoms with Crippen LogP contribution in [0.25, 0.3) is 0 Å². The van der Waals surface area contributed by atoms with Crippen molar-refractivity contribution in [3.8, 4) is 0 Å². The molecular weight excluding hydrogens is 266 g/mol. The molecule has 0 unspecified atom stereocenters. The Balaban J connectivity index is 1.97. The van der Waals surface area contributed by atoms with Crippen LogP contribution in [0.2, 0.25) is 0 Å². The summed E-state index contributed by atoms with van der Waals surface area (Å²) in [7, 11) is 0. The number of para-hydroxylation sites is 1. The van der Waals surface area contributed by atoms with E-state index in [4.69, 9.17) is 0 Å². The van der Waals surface area contributed by atoms with Crippen LogP contribution < -0.4 is 4.90 Å². The molecule has 0 atom stereocenters. The highest BCUT2D eigenvalue weighted by atomic mass is 16.3. The second-order valence-electron chi connectivity index (χ2n) is 6.19. The van der Waals surface area contributed by atoms with Gasteiger partial charge in [0.15, 0.2) is 0 Å². The Bertz CT molecular complexity index is 559. The summed E-state index contributed by atoms with van der Waals surface area (Å²) in [4.78, 5) is 26.7. The average Bonchev–Trinajstić information content (AvgIpc) is 2.66. The molecule has 1 aromatic carbocycles. The van der Waals surface area contributed by atoms with Crippen molar-refractivity contribution in [1.29, 1.82) is 0 Å².